The lowest BCUT2D eigenvalue weighted by Crippen LogP contribution is -2.43. The van der Waals surface area contributed by atoms with Crippen molar-refractivity contribution in [1.82, 2.24) is 4.90 Å². The maximum absolute atomic E-state index is 12.0. The first-order chi connectivity index (χ1) is 11.3. The summed E-state index contributed by atoms with van der Waals surface area (Å²) in [6.45, 7) is 2.97. The summed E-state index contributed by atoms with van der Waals surface area (Å²) in [6, 6.07) is 1.81. The molecule has 3 rings (SSSR count). The molecule has 0 N–H and O–H groups in total. The molecule has 0 bridgehead atoms. The topological polar surface area (TPSA) is 48.0 Å². The molecule has 2 aliphatic rings. The molecule has 1 aliphatic carbocycles. The highest BCUT2D eigenvalue weighted by molar-refractivity contribution is 9.10. The first kappa shape index (κ1) is 17.5. The number of nitrogens with zero attached hydrogens (tertiary/aromatic N) is 1. The summed E-state index contributed by atoms with van der Waals surface area (Å²) in [5.41, 5.74) is 1.26. The zero-order valence-corrected chi connectivity index (χ0v) is 16.2. The van der Waals surface area contributed by atoms with Crippen LogP contribution in [0, 0.1) is 12.8 Å². The van der Waals surface area contributed by atoms with Crippen LogP contribution in [0.3, 0.4) is 0 Å². The third-order valence-corrected chi connectivity index (χ3v) is 5.53. The van der Waals surface area contributed by atoms with Gasteiger partial charge in [0.05, 0.1) is 12.7 Å². The molecule has 5 nitrogen and oxygen atoms in total. The Labute approximate surface area is 151 Å². The van der Waals surface area contributed by atoms with E-state index in [2.05, 4.69) is 34.9 Å². The minimum Gasteiger partial charge on any atom is -0.465 e. The predicted octanol–water partition coefficient (Wildman–Crippen LogP) is 3.76. The number of carbonyl (C=O) groups is 1. The molecule has 0 aromatic heterocycles. The second-order valence-electron chi connectivity index (χ2n) is 7.00. The molecule has 1 saturated carbocycles. The average molecular weight is 398 g/mol. The van der Waals surface area contributed by atoms with Crippen molar-refractivity contribution in [2.24, 2.45) is 5.92 Å². The molecule has 0 saturated heterocycles. The lowest BCUT2D eigenvalue weighted by Gasteiger charge is -2.36. The van der Waals surface area contributed by atoms with E-state index in [-0.39, 0.29) is 5.97 Å². The van der Waals surface area contributed by atoms with Gasteiger partial charge in [0, 0.05) is 29.4 Å². The second kappa shape index (κ2) is 6.56. The quantitative estimate of drug-likeness (QED) is 0.726. The van der Waals surface area contributed by atoms with Crippen LogP contribution in [0.15, 0.2) is 10.5 Å². The van der Waals surface area contributed by atoms with Gasteiger partial charge in [-0.3, -0.25) is 0 Å². The summed E-state index contributed by atoms with van der Waals surface area (Å²) in [6.07, 6.45) is 3.89. The number of rotatable bonds is 3. The molecule has 0 radical (unpaired) electrons. The number of methoxy groups -OCH3 is 1. The number of esters is 1. The third kappa shape index (κ3) is 3.14. The SMILES string of the molecule is COC(=O)c1c(Br)cc2c(c1C)OC1(CCC(CN(C)C)CC1)O2. The molecule has 1 heterocycles. The fourth-order valence-electron chi connectivity index (χ4n) is 3.71. The van der Waals surface area contributed by atoms with Crippen molar-refractivity contribution < 1.29 is 19.0 Å². The lowest BCUT2D eigenvalue weighted by atomic mass is 9.85. The standard InChI is InChI=1S/C18H24BrNO4/c1-11-15(17(21)22-4)13(19)9-14-16(11)24-18(23-14)7-5-12(6-8-18)10-20(2)3/h9,12H,5-8,10H2,1-4H3. The Kier molecular flexibility index (Phi) is 4.80. The van der Waals surface area contributed by atoms with E-state index in [1.807, 2.05) is 13.0 Å². The van der Waals surface area contributed by atoms with Gasteiger partial charge in [-0.15, -0.1) is 0 Å². The van der Waals surface area contributed by atoms with Crippen molar-refractivity contribution in [2.75, 3.05) is 27.7 Å². The van der Waals surface area contributed by atoms with E-state index in [0.29, 0.717) is 27.5 Å². The molecule has 1 aromatic rings. The van der Waals surface area contributed by atoms with E-state index in [1.54, 1.807) is 0 Å². The largest absolute Gasteiger partial charge is 0.465 e. The first-order valence-electron chi connectivity index (χ1n) is 8.29. The third-order valence-electron chi connectivity index (χ3n) is 4.90. The molecule has 0 atom stereocenters. The summed E-state index contributed by atoms with van der Waals surface area (Å²) in [5.74, 6) is 1.11. The second-order valence-corrected chi connectivity index (χ2v) is 7.85. The molecule has 132 valence electrons. The summed E-state index contributed by atoms with van der Waals surface area (Å²) >= 11 is 3.45. The summed E-state index contributed by atoms with van der Waals surface area (Å²) in [7, 11) is 5.60. The number of fused-ring (bicyclic) bond motifs is 1. The monoisotopic (exact) mass is 397 g/mol. The number of carbonyl (C=O) groups excluding carboxylic acids is 1. The molecule has 0 amide bonds. The van der Waals surface area contributed by atoms with Crippen LogP contribution in [0.4, 0.5) is 0 Å². The minimum absolute atomic E-state index is 0.374. The minimum atomic E-state index is -0.579. The van der Waals surface area contributed by atoms with Crippen LogP contribution in [0.5, 0.6) is 11.5 Å². The molecule has 1 fully saturated rings. The zero-order chi connectivity index (χ0) is 17.5. The molecule has 1 aromatic carbocycles. The number of hydrogen-bond acceptors (Lipinski definition) is 5. The number of benzene rings is 1. The summed E-state index contributed by atoms with van der Waals surface area (Å²) in [4.78, 5) is 14.2. The Hall–Kier alpha value is -1.27. The van der Waals surface area contributed by atoms with Crippen molar-refractivity contribution in [3.63, 3.8) is 0 Å². The van der Waals surface area contributed by atoms with E-state index in [4.69, 9.17) is 14.2 Å². The highest BCUT2D eigenvalue weighted by Crippen LogP contribution is 2.50. The Bertz CT molecular complexity index is 651. The number of halogens is 1. The van der Waals surface area contributed by atoms with Crippen molar-refractivity contribution in [3.8, 4) is 11.5 Å². The Morgan fingerprint density at radius 1 is 1.38 bits per heavy atom. The van der Waals surface area contributed by atoms with Gasteiger partial charge in [-0.25, -0.2) is 4.79 Å². The molecule has 1 aliphatic heterocycles. The van der Waals surface area contributed by atoms with Gasteiger partial charge in [0.15, 0.2) is 11.5 Å². The fourth-order valence-corrected chi connectivity index (χ4v) is 4.38. The molecular weight excluding hydrogens is 374 g/mol. The van der Waals surface area contributed by atoms with Gasteiger partial charge in [-0.05, 0) is 61.8 Å². The van der Waals surface area contributed by atoms with Gasteiger partial charge < -0.3 is 19.1 Å². The van der Waals surface area contributed by atoms with Gasteiger partial charge in [0.2, 0.25) is 0 Å². The summed E-state index contributed by atoms with van der Waals surface area (Å²) < 4.78 is 18.0. The Balaban J connectivity index is 1.81. The maximum Gasteiger partial charge on any atom is 0.339 e. The van der Waals surface area contributed by atoms with Crippen molar-refractivity contribution >= 4 is 21.9 Å². The molecule has 0 unspecified atom stereocenters. The average Bonchev–Trinajstić information content (AvgIpc) is 2.87. The summed E-state index contributed by atoms with van der Waals surface area (Å²) in [5, 5.41) is 0. The van der Waals surface area contributed by atoms with Gasteiger partial charge in [-0.2, -0.15) is 0 Å². The Morgan fingerprint density at radius 2 is 2.04 bits per heavy atom. The molecule has 1 spiro atoms. The van der Waals surface area contributed by atoms with Crippen LogP contribution in [-0.2, 0) is 4.74 Å². The lowest BCUT2D eigenvalue weighted by molar-refractivity contribution is -0.114. The van der Waals surface area contributed by atoms with Crippen LogP contribution in [0.1, 0.15) is 41.6 Å². The predicted molar refractivity (Wildman–Crippen MR) is 94.7 cm³/mol. The highest BCUT2D eigenvalue weighted by Gasteiger charge is 2.46. The van der Waals surface area contributed by atoms with Crippen LogP contribution in [-0.4, -0.2) is 44.4 Å². The van der Waals surface area contributed by atoms with Crippen LogP contribution in [0.25, 0.3) is 0 Å². The van der Waals surface area contributed by atoms with E-state index >= 15 is 0 Å². The first-order valence-corrected chi connectivity index (χ1v) is 9.08. The highest BCUT2D eigenvalue weighted by atomic mass is 79.9. The maximum atomic E-state index is 12.0. The van der Waals surface area contributed by atoms with E-state index in [9.17, 15) is 4.79 Å². The van der Waals surface area contributed by atoms with Gasteiger partial charge in [0.1, 0.15) is 0 Å². The molecular formula is C18H24BrNO4. The normalized spacial score (nSPS) is 25.3. The van der Waals surface area contributed by atoms with Crippen LogP contribution < -0.4 is 9.47 Å². The van der Waals surface area contributed by atoms with Crippen LogP contribution >= 0.6 is 15.9 Å². The van der Waals surface area contributed by atoms with E-state index in [1.165, 1.54) is 7.11 Å². The van der Waals surface area contributed by atoms with Crippen molar-refractivity contribution in [3.05, 3.63) is 21.7 Å². The molecule has 24 heavy (non-hydrogen) atoms. The number of ether oxygens (including phenoxy) is 3. The smallest absolute Gasteiger partial charge is 0.339 e. The van der Waals surface area contributed by atoms with Gasteiger partial charge in [-0.1, -0.05) is 0 Å². The Morgan fingerprint density at radius 3 is 2.62 bits per heavy atom. The van der Waals surface area contributed by atoms with Crippen LogP contribution in [0.2, 0.25) is 0 Å². The van der Waals surface area contributed by atoms with Gasteiger partial charge >= 0.3 is 5.97 Å². The molecule has 6 heteroatoms. The number of hydrogen-bond donors (Lipinski definition) is 0. The van der Waals surface area contributed by atoms with E-state index < -0.39 is 5.79 Å². The van der Waals surface area contributed by atoms with E-state index in [0.717, 1.165) is 37.8 Å². The fraction of sp³-hybridized carbons (Fsp3) is 0.611. The van der Waals surface area contributed by atoms with Crippen molar-refractivity contribution in [1.29, 1.82) is 0 Å². The van der Waals surface area contributed by atoms with Gasteiger partial charge in [0.25, 0.3) is 5.79 Å². The van der Waals surface area contributed by atoms with Crippen molar-refractivity contribution in [2.45, 2.75) is 38.4 Å². The zero-order valence-electron chi connectivity index (χ0n) is 14.6.